The molecule has 0 aliphatic carbocycles. The molecule has 2 heteroatoms. The molecular weight excluding hydrogens is 236 g/mol. The highest BCUT2D eigenvalue weighted by Crippen LogP contribution is 2.30. The molecule has 0 unspecified atom stereocenters. The minimum atomic E-state index is 0.0311. The largest absolute Gasteiger partial charge is 0.377 e. The first-order chi connectivity index (χ1) is 8.55. The second-order valence-electron chi connectivity index (χ2n) is 7.16. The zero-order chi connectivity index (χ0) is 14.8. The summed E-state index contributed by atoms with van der Waals surface area (Å²) in [7, 11) is 1.55. The molecule has 1 aromatic carbocycles. The van der Waals surface area contributed by atoms with Crippen LogP contribution in [0.3, 0.4) is 0 Å². The molecule has 0 N–H and O–H groups in total. The van der Waals surface area contributed by atoms with E-state index in [-0.39, 0.29) is 23.2 Å². The van der Waals surface area contributed by atoms with E-state index in [0.29, 0.717) is 0 Å². The van der Waals surface area contributed by atoms with Gasteiger partial charge in [-0.1, -0.05) is 47.6 Å². The quantitative estimate of drug-likeness (QED) is 0.766. The Hall–Kier alpha value is -1.15. The van der Waals surface area contributed by atoms with Gasteiger partial charge in [-0.3, -0.25) is 4.79 Å². The van der Waals surface area contributed by atoms with E-state index in [4.69, 9.17) is 4.74 Å². The van der Waals surface area contributed by atoms with E-state index in [1.54, 1.807) is 7.11 Å². The van der Waals surface area contributed by atoms with Crippen molar-refractivity contribution in [3.63, 3.8) is 0 Å². The molecule has 2 nitrogen and oxygen atoms in total. The molecular formula is C17H26O2. The number of benzene rings is 1. The van der Waals surface area contributed by atoms with Gasteiger partial charge in [-0.2, -0.15) is 0 Å². The summed E-state index contributed by atoms with van der Waals surface area (Å²) in [5.74, 6) is 0.0408. The smallest absolute Gasteiger partial charge is 0.188 e. The summed E-state index contributed by atoms with van der Waals surface area (Å²) in [6.07, 6.45) is 0. The predicted octanol–water partition coefficient (Wildman–Crippen LogP) is 4.11. The fourth-order valence-electron chi connectivity index (χ4n) is 1.87. The van der Waals surface area contributed by atoms with Crippen LogP contribution in [0.1, 0.15) is 63.0 Å². The maximum atomic E-state index is 12.1. The van der Waals surface area contributed by atoms with Crippen LogP contribution in [0.25, 0.3) is 0 Å². The highest BCUT2D eigenvalue weighted by molar-refractivity contribution is 5.97. The van der Waals surface area contributed by atoms with Gasteiger partial charge in [-0.25, -0.2) is 0 Å². The van der Waals surface area contributed by atoms with Crippen molar-refractivity contribution in [2.75, 3.05) is 13.7 Å². The van der Waals surface area contributed by atoms with Crippen LogP contribution in [0.2, 0.25) is 0 Å². The Morgan fingerprint density at radius 3 is 1.68 bits per heavy atom. The van der Waals surface area contributed by atoms with Crippen LogP contribution in [0, 0.1) is 0 Å². The molecule has 0 bridgehead atoms. The minimum absolute atomic E-state index is 0.0311. The van der Waals surface area contributed by atoms with Crippen molar-refractivity contribution in [3.05, 3.63) is 34.9 Å². The van der Waals surface area contributed by atoms with Crippen LogP contribution in [0.5, 0.6) is 0 Å². The second-order valence-corrected chi connectivity index (χ2v) is 7.16. The molecule has 0 fully saturated rings. The van der Waals surface area contributed by atoms with Crippen LogP contribution >= 0.6 is 0 Å². The van der Waals surface area contributed by atoms with Gasteiger partial charge in [0.1, 0.15) is 6.61 Å². The maximum absolute atomic E-state index is 12.1. The van der Waals surface area contributed by atoms with E-state index in [2.05, 4.69) is 47.6 Å². The molecule has 1 rings (SSSR count). The maximum Gasteiger partial charge on any atom is 0.188 e. The predicted molar refractivity (Wildman–Crippen MR) is 80.0 cm³/mol. The zero-order valence-corrected chi connectivity index (χ0v) is 13.3. The third-order valence-electron chi connectivity index (χ3n) is 3.26. The Kier molecular flexibility index (Phi) is 4.57. The molecule has 106 valence electrons. The Morgan fingerprint density at radius 2 is 1.37 bits per heavy atom. The lowest BCUT2D eigenvalue weighted by Crippen LogP contribution is -2.19. The number of carbonyl (C=O) groups excluding carboxylic acids is 1. The molecule has 0 spiro atoms. The summed E-state index contributed by atoms with van der Waals surface area (Å²) in [5.41, 5.74) is 3.20. The summed E-state index contributed by atoms with van der Waals surface area (Å²) in [4.78, 5) is 12.1. The molecule has 19 heavy (non-hydrogen) atoms. The lowest BCUT2D eigenvalue weighted by molar-refractivity contribution is 0.0848. The van der Waals surface area contributed by atoms with Crippen molar-refractivity contribution in [1.29, 1.82) is 0 Å². The number of hydrogen-bond donors (Lipinski definition) is 0. The standard InChI is InChI=1S/C17H26O2/c1-16(2,3)13-8-12(15(18)11-19-7)9-14(10-13)17(4,5)6/h8-10H,11H2,1-7H3. The third-order valence-corrected chi connectivity index (χ3v) is 3.26. The fraction of sp³-hybridized carbons (Fsp3) is 0.588. The average molecular weight is 262 g/mol. The van der Waals surface area contributed by atoms with Crippen molar-refractivity contribution < 1.29 is 9.53 Å². The number of rotatable bonds is 3. The zero-order valence-electron chi connectivity index (χ0n) is 13.3. The molecule has 0 amide bonds. The average Bonchev–Trinajstić information content (AvgIpc) is 2.26. The van der Waals surface area contributed by atoms with E-state index >= 15 is 0 Å². The normalized spacial score (nSPS) is 12.6. The fourth-order valence-corrected chi connectivity index (χ4v) is 1.87. The van der Waals surface area contributed by atoms with Gasteiger partial charge in [-0.15, -0.1) is 0 Å². The van der Waals surface area contributed by atoms with Crippen molar-refractivity contribution in [2.24, 2.45) is 0 Å². The topological polar surface area (TPSA) is 26.3 Å². The Bertz CT molecular complexity index is 427. The van der Waals surface area contributed by atoms with Gasteiger partial charge in [0.05, 0.1) is 0 Å². The number of hydrogen-bond acceptors (Lipinski definition) is 2. The van der Waals surface area contributed by atoms with E-state index in [0.717, 1.165) is 5.56 Å². The molecule has 0 aromatic heterocycles. The molecule has 0 radical (unpaired) electrons. The molecule has 0 aliphatic heterocycles. The summed E-state index contributed by atoms with van der Waals surface area (Å²) in [5, 5.41) is 0. The van der Waals surface area contributed by atoms with Gasteiger partial charge in [-0.05, 0) is 34.1 Å². The van der Waals surface area contributed by atoms with Crippen LogP contribution in [-0.4, -0.2) is 19.5 Å². The van der Waals surface area contributed by atoms with E-state index in [1.807, 2.05) is 12.1 Å². The molecule has 1 aromatic rings. The van der Waals surface area contributed by atoms with Gasteiger partial charge in [0, 0.05) is 12.7 Å². The van der Waals surface area contributed by atoms with Gasteiger partial charge < -0.3 is 4.74 Å². The van der Waals surface area contributed by atoms with Crippen LogP contribution in [-0.2, 0) is 15.6 Å². The van der Waals surface area contributed by atoms with Gasteiger partial charge >= 0.3 is 0 Å². The Morgan fingerprint density at radius 1 is 0.947 bits per heavy atom. The van der Waals surface area contributed by atoms with Crippen molar-refractivity contribution in [1.82, 2.24) is 0 Å². The molecule has 0 heterocycles. The van der Waals surface area contributed by atoms with Crippen LogP contribution < -0.4 is 0 Å². The molecule has 0 atom stereocenters. The van der Waals surface area contributed by atoms with Gasteiger partial charge in [0.2, 0.25) is 0 Å². The Labute approximate surface area is 117 Å². The lowest BCUT2D eigenvalue weighted by atomic mass is 9.79. The third kappa shape index (κ3) is 4.17. The van der Waals surface area contributed by atoms with Crippen LogP contribution in [0.4, 0.5) is 0 Å². The number of carbonyl (C=O) groups is 1. The van der Waals surface area contributed by atoms with Crippen LogP contribution in [0.15, 0.2) is 18.2 Å². The van der Waals surface area contributed by atoms with E-state index in [1.165, 1.54) is 11.1 Å². The molecule has 0 aliphatic rings. The van der Waals surface area contributed by atoms with E-state index in [9.17, 15) is 4.79 Å². The number of methoxy groups -OCH3 is 1. The Balaban J connectivity index is 3.37. The van der Waals surface area contributed by atoms with E-state index < -0.39 is 0 Å². The summed E-state index contributed by atoms with van der Waals surface area (Å²) < 4.78 is 4.96. The van der Waals surface area contributed by atoms with Crippen molar-refractivity contribution >= 4 is 5.78 Å². The van der Waals surface area contributed by atoms with Gasteiger partial charge in [0.25, 0.3) is 0 Å². The summed E-state index contributed by atoms with van der Waals surface area (Å²) in [6, 6.07) is 6.21. The second kappa shape index (κ2) is 5.46. The highest BCUT2D eigenvalue weighted by atomic mass is 16.5. The van der Waals surface area contributed by atoms with Crippen molar-refractivity contribution in [2.45, 2.75) is 52.4 Å². The SMILES string of the molecule is COCC(=O)c1cc(C(C)(C)C)cc(C(C)(C)C)c1. The number of Topliss-reactive ketones (excluding diaryl/α,β-unsaturated/α-hetero) is 1. The van der Waals surface area contributed by atoms with Crippen molar-refractivity contribution in [3.8, 4) is 0 Å². The molecule has 0 saturated carbocycles. The number of ether oxygens (including phenoxy) is 1. The molecule has 0 saturated heterocycles. The first-order valence-electron chi connectivity index (χ1n) is 6.74. The first-order valence-corrected chi connectivity index (χ1v) is 6.74. The number of ketones is 1. The summed E-state index contributed by atoms with van der Waals surface area (Å²) in [6.45, 7) is 13.1. The lowest BCUT2D eigenvalue weighted by Gasteiger charge is -2.26. The van der Waals surface area contributed by atoms with Gasteiger partial charge in [0.15, 0.2) is 5.78 Å². The highest BCUT2D eigenvalue weighted by Gasteiger charge is 2.22. The first kappa shape index (κ1) is 15.9. The summed E-state index contributed by atoms with van der Waals surface area (Å²) >= 11 is 0. The monoisotopic (exact) mass is 262 g/mol. The minimum Gasteiger partial charge on any atom is -0.377 e.